The van der Waals surface area contributed by atoms with Crippen molar-refractivity contribution in [2.75, 3.05) is 11.9 Å². The van der Waals surface area contributed by atoms with Crippen LogP contribution in [0.25, 0.3) is 0 Å². The number of aromatic nitrogens is 4. The van der Waals surface area contributed by atoms with Gasteiger partial charge in [-0.3, -0.25) is 19.6 Å². The molecule has 3 heterocycles. The zero-order valence-electron chi connectivity index (χ0n) is 14.0. The third-order valence-electron chi connectivity index (χ3n) is 4.41. The summed E-state index contributed by atoms with van der Waals surface area (Å²) < 4.78 is 0. The number of H-pyrrole nitrogens is 2. The molecule has 0 saturated carbocycles. The maximum Gasteiger partial charge on any atom is 0.277 e. The van der Waals surface area contributed by atoms with Crippen molar-refractivity contribution in [1.82, 2.24) is 25.3 Å². The van der Waals surface area contributed by atoms with Crippen LogP contribution in [-0.2, 0) is 19.5 Å². The number of nitrogens with one attached hydrogen (secondary N) is 3. The van der Waals surface area contributed by atoms with E-state index in [9.17, 15) is 9.59 Å². The minimum absolute atomic E-state index is 0.142. The molecule has 0 bridgehead atoms. The molecule has 26 heavy (non-hydrogen) atoms. The van der Waals surface area contributed by atoms with E-state index in [1.165, 1.54) is 17.7 Å². The lowest BCUT2D eigenvalue weighted by Gasteiger charge is -2.26. The van der Waals surface area contributed by atoms with E-state index < -0.39 is 5.91 Å². The predicted octanol–water partition coefficient (Wildman–Crippen LogP) is 1.30. The van der Waals surface area contributed by atoms with E-state index in [-0.39, 0.29) is 11.3 Å². The predicted molar refractivity (Wildman–Crippen MR) is 95.7 cm³/mol. The van der Waals surface area contributed by atoms with E-state index in [1.54, 1.807) is 0 Å². The number of fused-ring (bicyclic) bond motifs is 1. The molecule has 2 aromatic heterocycles. The number of nitrogens with zero attached hydrogens (tertiary/aromatic N) is 3. The average Bonchev–Trinajstić information content (AvgIpc) is 3.05. The number of aromatic amines is 2. The van der Waals surface area contributed by atoms with Gasteiger partial charge in [-0.2, -0.15) is 10.2 Å². The molecule has 1 aliphatic rings. The summed E-state index contributed by atoms with van der Waals surface area (Å²) in [5.74, 6) is 0.125. The second kappa shape index (κ2) is 6.93. The highest BCUT2D eigenvalue weighted by Gasteiger charge is 2.23. The lowest BCUT2D eigenvalue weighted by molar-refractivity contribution is 0.102. The first-order valence-electron chi connectivity index (χ1n) is 8.38. The van der Waals surface area contributed by atoms with Gasteiger partial charge in [-0.15, -0.1) is 0 Å². The van der Waals surface area contributed by atoms with Crippen LogP contribution in [0, 0.1) is 0 Å². The van der Waals surface area contributed by atoms with E-state index >= 15 is 0 Å². The highest BCUT2D eigenvalue weighted by atomic mass is 16.2. The van der Waals surface area contributed by atoms with Crippen LogP contribution < -0.4 is 10.9 Å². The molecule has 132 valence electrons. The largest absolute Gasteiger partial charge is 0.303 e. The summed E-state index contributed by atoms with van der Waals surface area (Å²) in [6.07, 6.45) is 0.799. The van der Waals surface area contributed by atoms with E-state index in [0.717, 1.165) is 37.3 Å². The van der Waals surface area contributed by atoms with Crippen LogP contribution in [0.5, 0.6) is 0 Å². The summed E-state index contributed by atoms with van der Waals surface area (Å²) in [4.78, 5) is 25.6. The van der Waals surface area contributed by atoms with Gasteiger partial charge in [0.2, 0.25) is 0 Å². The van der Waals surface area contributed by atoms with E-state index in [2.05, 4.69) is 42.7 Å². The Morgan fingerprint density at radius 2 is 1.96 bits per heavy atom. The Morgan fingerprint density at radius 1 is 1.12 bits per heavy atom. The molecule has 0 atom stereocenters. The van der Waals surface area contributed by atoms with Gasteiger partial charge in [-0.25, -0.2) is 5.10 Å². The molecule has 0 fully saturated rings. The molecule has 0 unspecified atom stereocenters. The first-order valence-corrected chi connectivity index (χ1v) is 8.38. The first kappa shape index (κ1) is 16.2. The maximum atomic E-state index is 12.3. The molecule has 3 N–H and O–H groups in total. The Bertz CT molecular complexity index is 958. The van der Waals surface area contributed by atoms with Crippen LogP contribution in [-0.4, -0.2) is 37.7 Å². The molecule has 8 nitrogen and oxygen atoms in total. The van der Waals surface area contributed by atoms with Crippen molar-refractivity contribution in [2.45, 2.75) is 19.5 Å². The Labute approximate surface area is 149 Å². The standard InChI is InChI=1S/C18H18N6O2/c25-16-7-6-14(20-22-16)18(26)19-17-13-8-9-24(11-15(13)21-23-17)10-12-4-2-1-3-5-12/h1-7H,8-11H2,(H,22,25)(H2,19,21,23,26). The van der Waals surface area contributed by atoms with Crippen molar-refractivity contribution in [3.05, 3.63) is 75.3 Å². The fourth-order valence-electron chi connectivity index (χ4n) is 3.10. The summed E-state index contributed by atoms with van der Waals surface area (Å²) in [6, 6.07) is 13.0. The van der Waals surface area contributed by atoms with Crippen molar-refractivity contribution < 1.29 is 4.79 Å². The number of rotatable bonds is 4. The Morgan fingerprint density at radius 3 is 2.73 bits per heavy atom. The molecule has 4 rings (SSSR count). The summed E-state index contributed by atoms with van der Waals surface area (Å²) in [5.41, 5.74) is 3.09. The second-order valence-electron chi connectivity index (χ2n) is 6.24. The van der Waals surface area contributed by atoms with Gasteiger partial charge in [0.25, 0.3) is 11.5 Å². The fraction of sp³-hybridized carbons (Fsp3) is 0.222. The summed E-state index contributed by atoms with van der Waals surface area (Å²) in [5, 5.41) is 16.0. The molecule has 1 aliphatic heterocycles. The monoisotopic (exact) mass is 350 g/mol. The van der Waals surface area contributed by atoms with Gasteiger partial charge in [-0.1, -0.05) is 30.3 Å². The van der Waals surface area contributed by atoms with E-state index in [1.807, 2.05) is 18.2 Å². The van der Waals surface area contributed by atoms with Gasteiger partial charge >= 0.3 is 0 Å². The van der Waals surface area contributed by atoms with Crippen molar-refractivity contribution in [2.24, 2.45) is 0 Å². The zero-order valence-corrected chi connectivity index (χ0v) is 14.0. The highest BCUT2D eigenvalue weighted by Crippen LogP contribution is 2.24. The van der Waals surface area contributed by atoms with Gasteiger partial charge < -0.3 is 5.32 Å². The Hall–Kier alpha value is -3.26. The molecule has 0 radical (unpaired) electrons. The number of hydrogen-bond acceptors (Lipinski definition) is 5. The number of hydrogen-bond donors (Lipinski definition) is 3. The van der Waals surface area contributed by atoms with Crippen LogP contribution in [0.15, 0.2) is 47.3 Å². The smallest absolute Gasteiger partial charge is 0.277 e. The van der Waals surface area contributed by atoms with Crippen molar-refractivity contribution in [3.8, 4) is 0 Å². The summed E-state index contributed by atoms with van der Waals surface area (Å²) in [6.45, 7) is 2.52. The van der Waals surface area contributed by atoms with Crippen LogP contribution in [0.1, 0.15) is 27.3 Å². The molecule has 1 amide bonds. The van der Waals surface area contributed by atoms with Crippen molar-refractivity contribution >= 4 is 11.7 Å². The fourth-order valence-corrected chi connectivity index (χ4v) is 3.10. The van der Waals surface area contributed by atoms with Gasteiger partial charge in [0, 0.05) is 31.3 Å². The SMILES string of the molecule is O=C(Nc1n[nH]c2c1CCN(Cc1ccccc1)C2)c1ccc(=O)[nH]n1. The first-order chi connectivity index (χ1) is 12.7. The lowest BCUT2D eigenvalue weighted by atomic mass is 10.1. The van der Waals surface area contributed by atoms with Crippen molar-refractivity contribution in [3.63, 3.8) is 0 Å². The molecule has 3 aromatic rings. The van der Waals surface area contributed by atoms with Crippen LogP contribution in [0.4, 0.5) is 5.82 Å². The van der Waals surface area contributed by atoms with Gasteiger partial charge in [0.1, 0.15) is 5.69 Å². The number of anilines is 1. The number of carbonyl (C=O) groups excluding carboxylic acids is 1. The molecule has 8 heteroatoms. The lowest BCUT2D eigenvalue weighted by Crippen LogP contribution is -2.30. The van der Waals surface area contributed by atoms with E-state index in [0.29, 0.717) is 5.82 Å². The zero-order chi connectivity index (χ0) is 17.9. The molecular formula is C18H18N6O2. The third-order valence-corrected chi connectivity index (χ3v) is 4.41. The minimum atomic E-state index is -0.401. The maximum absolute atomic E-state index is 12.3. The molecule has 0 aliphatic carbocycles. The van der Waals surface area contributed by atoms with Gasteiger partial charge in [0.15, 0.2) is 5.82 Å². The van der Waals surface area contributed by atoms with Crippen LogP contribution >= 0.6 is 0 Å². The van der Waals surface area contributed by atoms with Crippen LogP contribution in [0.2, 0.25) is 0 Å². The molecule has 1 aromatic carbocycles. The van der Waals surface area contributed by atoms with Gasteiger partial charge in [0.05, 0.1) is 5.69 Å². The van der Waals surface area contributed by atoms with Crippen LogP contribution in [0.3, 0.4) is 0 Å². The molecule has 0 spiro atoms. The third kappa shape index (κ3) is 3.40. The summed E-state index contributed by atoms with van der Waals surface area (Å²) >= 11 is 0. The number of benzene rings is 1. The van der Waals surface area contributed by atoms with Crippen molar-refractivity contribution in [1.29, 1.82) is 0 Å². The summed E-state index contributed by atoms with van der Waals surface area (Å²) in [7, 11) is 0. The Balaban J connectivity index is 1.45. The van der Waals surface area contributed by atoms with Gasteiger partial charge in [-0.05, 0) is 18.1 Å². The number of amides is 1. The number of carbonyl (C=O) groups is 1. The average molecular weight is 350 g/mol. The minimum Gasteiger partial charge on any atom is -0.303 e. The van der Waals surface area contributed by atoms with E-state index in [4.69, 9.17) is 0 Å². The highest BCUT2D eigenvalue weighted by molar-refractivity contribution is 6.02. The normalized spacial score (nSPS) is 14.0. The topological polar surface area (TPSA) is 107 Å². The Kier molecular flexibility index (Phi) is 4.32. The quantitative estimate of drug-likeness (QED) is 0.658. The second-order valence-corrected chi connectivity index (χ2v) is 6.24. The molecule has 0 saturated heterocycles. The molecular weight excluding hydrogens is 332 g/mol.